The maximum absolute atomic E-state index is 12.7. The molecule has 0 spiro atoms. The van der Waals surface area contributed by atoms with Gasteiger partial charge in [-0.3, -0.25) is 4.79 Å². The van der Waals surface area contributed by atoms with Crippen molar-refractivity contribution in [3.63, 3.8) is 0 Å². The minimum Gasteiger partial charge on any atom is -0.497 e. The molecule has 2 N–H and O–H groups in total. The summed E-state index contributed by atoms with van der Waals surface area (Å²) in [5, 5.41) is 4.87. The van der Waals surface area contributed by atoms with Crippen molar-refractivity contribution < 1.29 is 17.9 Å². The molecule has 1 fully saturated rings. The molecule has 1 aliphatic rings. The molecular formula is C22H20Cl2N2O4S. The number of benzene rings is 3. The zero-order valence-electron chi connectivity index (χ0n) is 16.6. The van der Waals surface area contributed by atoms with Gasteiger partial charge in [-0.05, 0) is 59.5 Å². The van der Waals surface area contributed by atoms with E-state index in [1.54, 1.807) is 7.11 Å². The molecule has 4 rings (SSSR count). The van der Waals surface area contributed by atoms with Gasteiger partial charge in [0, 0.05) is 12.6 Å². The molecule has 0 heterocycles. The Morgan fingerprint density at radius 3 is 2.45 bits per heavy atom. The van der Waals surface area contributed by atoms with Gasteiger partial charge in [0.15, 0.2) is 0 Å². The lowest BCUT2D eigenvalue weighted by molar-refractivity contribution is 0.0951. The largest absolute Gasteiger partial charge is 0.497 e. The monoisotopic (exact) mass is 478 g/mol. The van der Waals surface area contributed by atoms with Crippen molar-refractivity contribution in [1.29, 1.82) is 0 Å². The average molecular weight is 479 g/mol. The van der Waals surface area contributed by atoms with Crippen molar-refractivity contribution in [3.8, 4) is 5.75 Å². The van der Waals surface area contributed by atoms with E-state index in [9.17, 15) is 13.2 Å². The first kappa shape index (κ1) is 21.9. The van der Waals surface area contributed by atoms with E-state index < -0.39 is 15.9 Å². The predicted octanol–water partition coefficient (Wildman–Crippen LogP) is 4.53. The molecule has 6 nitrogen and oxygen atoms in total. The Hall–Kier alpha value is -2.32. The maximum atomic E-state index is 12.7. The summed E-state index contributed by atoms with van der Waals surface area (Å²) in [6.45, 7) is 0.252. The van der Waals surface area contributed by atoms with Crippen LogP contribution >= 0.6 is 23.2 Å². The fraction of sp³-hybridized carbons (Fsp3) is 0.227. The van der Waals surface area contributed by atoms with Crippen LogP contribution < -0.4 is 14.8 Å². The molecule has 9 heteroatoms. The van der Waals surface area contributed by atoms with Gasteiger partial charge in [0.1, 0.15) is 10.6 Å². The fourth-order valence-electron chi connectivity index (χ4n) is 3.18. The third-order valence-electron chi connectivity index (χ3n) is 5.02. The van der Waals surface area contributed by atoms with E-state index in [2.05, 4.69) is 10.0 Å². The van der Waals surface area contributed by atoms with Crippen molar-refractivity contribution in [1.82, 2.24) is 10.0 Å². The van der Waals surface area contributed by atoms with Gasteiger partial charge in [-0.25, -0.2) is 13.1 Å². The second kappa shape index (κ2) is 8.67. The second-order valence-corrected chi connectivity index (χ2v) is 9.88. The number of methoxy groups -OCH3 is 1. The number of nitrogens with one attached hydrogen (secondary N) is 2. The smallest absolute Gasteiger partial charge is 0.253 e. The van der Waals surface area contributed by atoms with Crippen molar-refractivity contribution in [2.45, 2.75) is 30.3 Å². The molecular weight excluding hydrogens is 459 g/mol. The van der Waals surface area contributed by atoms with Gasteiger partial charge in [0.25, 0.3) is 5.91 Å². The highest BCUT2D eigenvalue weighted by Gasteiger charge is 2.30. The van der Waals surface area contributed by atoms with Crippen molar-refractivity contribution in [3.05, 3.63) is 69.7 Å². The number of carbonyl (C=O) groups is 1. The summed E-state index contributed by atoms with van der Waals surface area (Å²) in [4.78, 5) is 12.6. The van der Waals surface area contributed by atoms with E-state index in [1.807, 2.05) is 36.4 Å². The molecule has 3 aromatic carbocycles. The zero-order valence-corrected chi connectivity index (χ0v) is 18.9. The number of halogens is 2. The molecule has 0 atom stereocenters. The van der Waals surface area contributed by atoms with Gasteiger partial charge >= 0.3 is 0 Å². The Balaban J connectivity index is 1.53. The summed E-state index contributed by atoms with van der Waals surface area (Å²) in [5.41, 5.74) is 0.937. The standard InChI is InChI=1S/C22H20Cl2N2O4S/c1-30-17-7-4-14-8-13(2-3-15(14)9-17)12-25-22(27)18-10-21(20(24)11-19(18)23)31(28,29)26-16-5-6-16/h2-4,7-11,16,26H,5-6,12H2,1H3,(H,25,27). The van der Waals surface area contributed by atoms with Crippen LogP contribution in [0.3, 0.4) is 0 Å². The van der Waals surface area contributed by atoms with E-state index in [1.165, 1.54) is 12.1 Å². The van der Waals surface area contributed by atoms with Gasteiger partial charge in [0.2, 0.25) is 10.0 Å². The lowest BCUT2D eigenvalue weighted by atomic mass is 10.1. The first-order valence-corrected chi connectivity index (χ1v) is 11.9. The molecule has 1 saturated carbocycles. The summed E-state index contributed by atoms with van der Waals surface area (Å²) in [6.07, 6.45) is 1.58. The van der Waals surface area contributed by atoms with Crippen molar-refractivity contribution in [2.24, 2.45) is 0 Å². The predicted molar refractivity (Wildman–Crippen MR) is 121 cm³/mol. The quantitative estimate of drug-likeness (QED) is 0.522. The van der Waals surface area contributed by atoms with E-state index >= 15 is 0 Å². The summed E-state index contributed by atoms with van der Waals surface area (Å²) in [6, 6.07) is 14.0. The minimum absolute atomic E-state index is 0.0281. The number of rotatable bonds is 7. The fourth-order valence-corrected chi connectivity index (χ4v) is 5.34. The van der Waals surface area contributed by atoms with Crippen LogP contribution in [0.4, 0.5) is 0 Å². The van der Waals surface area contributed by atoms with Crippen LogP contribution in [0.25, 0.3) is 10.8 Å². The van der Waals surface area contributed by atoms with Crippen molar-refractivity contribution in [2.75, 3.05) is 7.11 Å². The molecule has 0 saturated heterocycles. The van der Waals surface area contributed by atoms with Gasteiger partial charge in [-0.15, -0.1) is 0 Å². The van der Waals surface area contributed by atoms with Crippen LogP contribution in [0.1, 0.15) is 28.8 Å². The summed E-state index contributed by atoms with van der Waals surface area (Å²) in [5.74, 6) is 0.284. The lowest BCUT2D eigenvalue weighted by Gasteiger charge is -2.12. The number of carbonyl (C=O) groups excluding carboxylic acids is 1. The Morgan fingerprint density at radius 2 is 1.74 bits per heavy atom. The highest BCUT2D eigenvalue weighted by molar-refractivity contribution is 7.89. The minimum atomic E-state index is -3.83. The number of hydrogen-bond donors (Lipinski definition) is 2. The molecule has 31 heavy (non-hydrogen) atoms. The SMILES string of the molecule is COc1ccc2cc(CNC(=O)c3cc(S(=O)(=O)NC4CC4)c(Cl)cc3Cl)ccc2c1. The summed E-state index contributed by atoms with van der Waals surface area (Å²) < 4.78 is 32.9. The van der Waals surface area contributed by atoms with Crippen LogP contribution in [0.15, 0.2) is 53.4 Å². The van der Waals surface area contributed by atoms with Gasteiger partial charge in [-0.2, -0.15) is 0 Å². The zero-order chi connectivity index (χ0) is 22.2. The first-order valence-electron chi connectivity index (χ1n) is 9.63. The molecule has 3 aromatic rings. The molecule has 1 aliphatic carbocycles. The topological polar surface area (TPSA) is 84.5 Å². The van der Waals surface area contributed by atoms with Crippen LogP contribution in [0, 0.1) is 0 Å². The molecule has 0 aromatic heterocycles. The molecule has 0 radical (unpaired) electrons. The third-order valence-corrected chi connectivity index (χ3v) is 7.32. The number of ether oxygens (including phenoxy) is 1. The number of amides is 1. The number of fused-ring (bicyclic) bond motifs is 1. The molecule has 0 unspecified atom stereocenters. The van der Waals surface area contributed by atoms with E-state index in [0.29, 0.717) is 0 Å². The molecule has 162 valence electrons. The molecule has 0 bridgehead atoms. The third kappa shape index (κ3) is 4.96. The van der Waals surface area contributed by atoms with Gasteiger partial charge in [0.05, 0.1) is 22.7 Å². The highest BCUT2D eigenvalue weighted by Crippen LogP contribution is 2.31. The van der Waals surface area contributed by atoms with Crippen LogP contribution in [0.2, 0.25) is 10.0 Å². The Labute approximate surface area is 190 Å². The van der Waals surface area contributed by atoms with Crippen LogP contribution in [-0.4, -0.2) is 27.5 Å². The normalized spacial score (nSPS) is 13.9. The Bertz CT molecular complexity index is 1270. The highest BCUT2D eigenvalue weighted by atomic mass is 35.5. The molecule has 0 aliphatic heterocycles. The summed E-state index contributed by atoms with van der Waals surface area (Å²) >= 11 is 12.3. The van der Waals surface area contributed by atoms with E-state index in [4.69, 9.17) is 27.9 Å². The Kier molecular flexibility index (Phi) is 6.12. The van der Waals surface area contributed by atoms with Crippen LogP contribution in [0.5, 0.6) is 5.75 Å². The lowest BCUT2D eigenvalue weighted by Crippen LogP contribution is -2.27. The molecule has 1 amide bonds. The second-order valence-electron chi connectivity index (χ2n) is 7.39. The van der Waals surface area contributed by atoms with E-state index in [-0.39, 0.29) is 33.1 Å². The summed E-state index contributed by atoms with van der Waals surface area (Å²) in [7, 11) is -2.21. The maximum Gasteiger partial charge on any atom is 0.253 e. The van der Waals surface area contributed by atoms with Crippen molar-refractivity contribution >= 4 is 49.9 Å². The number of hydrogen-bond acceptors (Lipinski definition) is 4. The average Bonchev–Trinajstić information content (AvgIpc) is 3.54. The van der Waals surface area contributed by atoms with Gasteiger partial charge < -0.3 is 10.1 Å². The first-order chi connectivity index (χ1) is 14.8. The number of sulfonamides is 1. The van der Waals surface area contributed by atoms with E-state index in [0.717, 1.165) is 34.9 Å². The van der Waals surface area contributed by atoms with Crippen LogP contribution in [-0.2, 0) is 16.6 Å². The van der Waals surface area contributed by atoms with Gasteiger partial charge in [-0.1, -0.05) is 41.4 Å². The Morgan fingerprint density at radius 1 is 1.03 bits per heavy atom.